The Hall–Kier alpha value is -7.08. The first kappa shape index (κ1) is 33.5. The molecule has 0 amide bonds. The first-order chi connectivity index (χ1) is 31.7. The number of nitrogens with one attached hydrogen (secondary N) is 2. The summed E-state index contributed by atoms with van der Waals surface area (Å²) in [5, 5.41) is 0. The van der Waals surface area contributed by atoms with Gasteiger partial charge in [0.1, 0.15) is 0 Å². The highest BCUT2D eigenvalue weighted by molar-refractivity contribution is 6.04. The van der Waals surface area contributed by atoms with Crippen molar-refractivity contribution in [3.63, 3.8) is 0 Å². The van der Waals surface area contributed by atoms with E-state index >= 15 is 0 Å². The molecule has 0 radical (unpaired) electrons. The molecule has 12 nitrogen and oxygen atoms in total. The van der Waals surface area contributed by atoms with Crippen LogP contribution in [0.25, 0.3) is 44.4 Å². The first-order valence-electron chi connectivity index (χ1n) is 23.3. The Labute approximate surface area is 366 Å². The van der Waals surface area contributed by atoms with Crippen molar-refractivity contribution < 1.29 is 0 Å². The minimum Gasteiger partial charge on any atom is -0.355 e. The minimum atomic E-state index is 0.121. The molecular weight excluding hydrogens is 793 g/mol. The summed E-state index contributed by atoms with van der Waals surface area (Å²) in [6, 6.07) is 9.48. The Morgan fingerprint density at radius 1 is 0.281 bits per heavy atom. The van der Waals surface area contributed by atoms with Crippen molar-refractivity contribution in [2.45, 2.75) is 98.7 Å². The van der Waals surface area contributed by atoms with Crippen LogP contribution in [0, 0.1) is 0 Å². The second-order valence-electron chi connectivity index (χ2n) is 19.6. The van der Waals surface area contributed by atoms with Gasteiger partial charge in [0.2, 0.25) is 0 Å². The maximum Gasteiger partial charge on any atom is 0.0701 e. The Morgan fingerprint density at radius 3 is 0.812 bits per heavy atom. The van der Waals surface area contributed by atoms with Gasteiger partial charge in [-0.1, -0.05) is 0 Å². The van der Waals surface area contributed by atoms with Crippen molar-refractivity contribution in [3.8, 4) is 0 Å². The number of aromatic nitrogens is 12. The molecule has 9 heterocycles. The molecule has 12 aliphatic carbocycles. The Kier molecular flexibility index (Phi) is 6.03. The number of fused-ring (bicyclic) bond motifs is 12. The fourth-order valence-corrected chi connectivity index (χ4v) is 14.9. The third-order valence-corrected chi connectivity index (χ3v) is 17.0. The number of nitrogens with zero attached hydrogens (tertiary/aromatic N) is 10. The van der Waals surface area contributed by atoms with Crippen molar-refractivity contribution >= 4 is 44.4 Å². The van der Waals surface area contributed by atoms with Gasteiger partial charge >= 0.3 is 0 Å². The topological polar surface area (TPSA) is 160 Å². The molecule has 64 heavy (non-hydrogen) atoms. The molecule has 0 fully saturated rings. The predicted molar refractivity (Wildman–Crippen MR) is 238 cm³/mol. The van der Waals surface area contributed by atoms with Crippen LogP contribution in [0.3, 0.4) is 0 Å². The van der Waals surface area contributed by atoms with Crippen molar-refractivity contribution in [1.82, 2.24) is 59.8 Å². The highest BCUT2D eigenvalue weighted by Gasteiger charge is 2.49. The lowest BCUT2D eigenvalue weighted by Crippen LogP contribution is -2.26. The summed E-state index contributed by atoms with van der Waals surface area (Å²) in [6.07, 6.45) is 23.2. The molecule has 8 unspecified atom stereocenters. The Balaban J connectivity index is 1.03. The lowest BCUT2D eigenvalue weighted by Gasteiger charge is -2.38. The minimum absolute atomic E-state index is 0.121. The second kappa shape index (κ2) is 11.5. The SMILES string of the molecule is c1cnc2c(n1)C1CCC2C2=C1c1cc3nc(cc4[nH]c(cc5[nH]c(cc2n1)c1c5C2CCC1c1nccnc12)c1c4C2CCC1c1nccnc12)C1=C3C2CCC1c1nccnc12. The molecule has 0 saturated carbocycles. The van der Waals surface area contributed by atoms with Crippen molar-refractivity contribution in [1.29, 1.82) is 0 Å². The fourth-order valence-electron chi connectivity index (χ4n) is 14.9. The molecule has 12 heteroatoms. The van der Waals surface area contributed by atoms with Crippen LogP contribution in [-0.4, -0.2) is 59.8 Å². The van der Waals surface area contributed by atoms with Gasteiger partial charge in [-0.05, 0) is 120 Å². The summed E-state index contributed by atoms with van der Waals surface area (Å²) in [5.41, 5.74) is 28.1. The molecule has 8 atom stereocenters. The number of hydrogen-bond acceptors (Lipinski definition) is 10. The summed E-state index contributed by atoms with van der Waals surface area (Å²) < 4.78 is 0. The van der Waals surface area contributed by atoms with Gasteiger partial charge in [0, 0.05) is 119 Å². The van der Waals surface area contributed by atoms with E-state index in [0.717, 1.165) is 142 Å². The van der Waals surface area contributed by atoms with Crippen LogP contribution in [0.5, 0.6) is 0 Å². The normalized spacial score (nSPS) is 27.4. The fraction of sp³-hybridized carbons (Fsp3) is 0.308. The molecule has 0 saturated heterocycles. The molecule has 2 aliphatic heterocycles. The van der Waals surface area contributed by atoms with Crippen molar-refractivity contribution in [3.05, 3.63) is 164 Å². The Bertz CT molecular complexity index is 3380. The molecule has 7 aromatic heterocycles. The third kappa shape index (κ3) is 3.96. The summed E-state index contributed by atoms with van der Waals surface area (Å²) in [5.74, 6) is 1.09. The zero-order valence-corrected chi connectivity index (χ0v) is 34.7. The lowest BCUT2D eigenvalue weighted by molar-refractivity contribution is 0.501. The molecular formula is C52H38N12. The zero-order valence-electron chi connectivity index (χ0n) is 34.7. The number of allylic oxidation sites excluding steroid dienone is 4. The number of rotatable bonds is 0. The average Bonchev–Trinajstić information content (AvgIpc) is 4.13. The van der Waals surface area contributed by atoms with E-state index in [1.165, 1.54) is 44.5 Å². The van der Waals surface area contributed by atoms with E-state index in [4.69, 9.17) is 49.8 Å². The van der Waals surface area contributed by atoms with Crippen LogP contribution in [0.1, 0.15) is 189 Å². The number of aromatic amines is 2. The summed E-state index contributed by atoms with van der Waals surface area (Å²) in [7, 11) is 0. The molecule has 0 aromatic carbocycles. The van der Waals surface area contributed by atoms with Gasteiger partial charge in [-0.3, -0.25) is 39.9 Å². The second-order valence-corrected chi connectivity index (χ2v) is 19.6. The largest absolute Gasteiger partial charge is 0.355 e. The predicted octanol–water partition coefficient (Wildman–Crippen LogP) is 9.39. The van der Waals surface area contributed by atoms with Gasteiger partial charge in [0.15, 0.2) is 0 Å². The van der Waals surface area contributed by atoms with Gasteiger partial charge in [0.05, 0.1) is 68.3 Å². The Morgan fingerprint density at radius 2 is 0.516 bits per heavy atom. The summed E-state index contributed by atoms with van der Waals surface area (Å²) in [4.78, 5) is 59.8. The maximum atomic E-state index is 5.73. The van der Waals surface area contributed by atoms with Crippen LogP contribution in [-0.2, 0) is 0 Å². The number of H-pyrrole nitrogens is 2. The molecule has 2 N–H and O–H groups in total. The zero-order chi connectivity index (χ0) is 41.1. The highest BCUT2D eigenvalue weighted by atomic mass is 14.9. The molecule has 7 aromatic rings. The van der Waals surface area contributed by atoms with E-state index in [2.05, 4.69) is 34.2 Å². The van der Waals surface area contributed by atoms with E-state index in [1.54, 1.807) is 0 Å². The van der Waals surface area contributed by atoms with Gasteiger partial charge < -0.3 is 9.97 Å². The summed E-state index contributed by atoms with van der Waals surface area (Å²) in [6.45, 7) is 0. The van der Waals surface area contributed by atoms with E-state index in [-0.39, 0.29) is 47.3 Å². The van der Waals surface area contributed by atoms with E-state index < -0.39 is 0 Å². The van der Waals surface area contributed by atoms with Gasteiger partial charge in [-0.15, -0.1) is 0 Å². The first-order valence-corrected chi connectivity index (χ1v) is 23.3. The quantitative estimate of drug-likeness (QED) is 0.151. The van der Waals surface area contributed by atoms with Crippen LogP contribution >= 0.6 is 0 Å². The van der Waals surface area contributed by atoms with Crippen molar-refractivity contribution in [2.24, 2.45) is 0 Å². The molecule has 21 rings (SSSR count). The average molecular weight is 831 g/mol. The van der Waals surface area contributed by atoms with Crippen LogP contribution < -0.4 is 0 Å². The van der Waals surface area contributed by atoms with Gasteiger partial charge in [-0.25, -0.2) is 9.97 Å². The lowest BCUT2D eigenvalue weighted by atomic mass is 9.65. The van der Waals surface area contributed by atoms with Crippen molar-refractivity contribution in [2.75, 3.05) is 0 Å². The summed E-state index contributed by atoms with van der Waals surface area (Å²) >= 11 is 0. The van der Waals surface area contributed by atoms with E-state index in [1.807, 2.05) is 49.6 Å². The molecule has 14 aliphatic rings. The van der Waals surface area contributed by atoms with Crippen LogP contribution in [0.2, 0.25) is 0 Å². The van der Waals surface area contributed by atoms with Crippen LogP contribution in [0.4, 0.5) is 0 Å². The number of hydrogen-bond donors (Lipinski definition) is 2. The van der Waals surface area contributed by atoms with Gasteiger partial charge in [-0.2, -0.15) is 0 Å². The third-order valence-electron chi connectivity index (χ3n) is 17.0. The van der Waals surface area contributed by atoms with Crippen LogP contribution in [0.15, 0.2) is 73.8 Å². The highest BCUT2D eigenvalue weighted by Crippen LogP contribution is 2.63. The molecule has 0 spiro atoms. The monoisotopic (exact) mass is 830 g/mol. The maximum absolute atomic E-state index is 5.73. The smallest absolute Gasteiger partial charge is 0.0701 e. The molecule has 16 bridgehead atoms. The van der Waals surface area contributed by atoms with Gasteiger partial charge in [0.25, 0.3) is 0 Å². The standard InChI is InChI=1S/C52H38N12/c1-2-22-38-30-18-32-40-24-5-6-26(50-48(24)56-13-14-58-50)42(40)34(63-32)20-36-44-28-8-7-27(51-52(28)60-16-15-59-51)43(44)35(64-36)19-33-41-25-4-3-23(47-49(25)57-12-11-55-47)39(41)31(62-33)17-29(61-30)37(38)21(1)45-46(22)54-10-9-53-45/h9-28,61-62H,1-8H2. The van der Waals surface area contributed by atoms with E-state index in [9.17, 15) is 0 Å². The van der Waals surface area contributed by atoms with E-state index in [0.29, 0.717) is 0 Å². The molecule has 306 valence electrons.